The monoisotopic (exact) mass is 494 g/mol. The number of rotatable bonds is 7. The molecule has 0 spiro atoms. The Balaban J connectivity index is 1.65. The summed E-state index contributed by atoms with van der Waals surface area (Å²) in [5.41, 5.74) is 2.00. The van der Waals surface area contributed by atoms with Crippen molar-refractivity contribution in [2.45, 2.75) is 58.4 Å². The molecule has 7 nitrogen and oxygen atoms in total. The number of ether oxygens (including phenoxy) is 1. The van der Waals surface area contributed by atoms with Crippen LogP contribution in [0, 0.1) is 5.82 Å². The highest BCUT2D eigenvalue weighted by Gasteiger charge is 2.36. The molecule has 0 radical (unpaired) electrons. The van der Waals surface area contributed by atoms with E-state index < -0.39 is 11.6 Å². The van der Waals surface area contributed by atoms with Crippen LogP contribution in [0.1, 0.15) is 61.8 Å². The second-order valence-corrected chi connectivity index (χ2v) is 10.1. The predicted octanol–water partition coefficient (Wildman–Crippen LogP) is 4.28. The molecule has 0 fully saturated rings. The van der Waals surface area contributed by atoms with Crippen LogP contribution in [0.5, 0.6) is 5.75 Å². The van der Waals surface area contributed by atoms with Crippen LogP contribution >= 0.6 is 0 Å². The average Bonchev–Trinajstić information content (AvgIpc) is 3.21. The average molecular weight is 495 g/mol. The van der Waals surface area contributed by atoms with Crippen LogP contribution in [0.4, 0.5) is 4.39 Å². The molecular formula is C28H31FN2O5. The maximum Gasteiger partial charge on any atom is 0.280 e. The number of carbonyl (C=O) groups is 2. The van der Waals surface area contributed by atoms with Gasteiger partial charge in [-0.1, -0.05) is 39.0 Å². The van der Waals surface area contributed by atoms with Gasteiger partial charge in [0.05, 0.1) is 13.0 Å². The van der Waals surface area contributed by atoms with Crippen molar-refractivity contribution < 1.29 is 23.2 Å². The summed E-state index contributed by atoms with van der Waals surface area (Å²) in [6, 6.07) is 10.8. The Morgan fingerprint density at radius 1 is 1.14 bits per heavy atom. The lowest BCUT2D eigenvalue weighted by Gasteiger charge is -2.36. The zero-order valence-electron chi connectivity index (χ0n) is 21.0. The van der Waals surface area contributed by atoms with Crippen molar-refractivity contribution in [3.63, 3.8) is 0 Å². The predicted molar refractivity (Wildman–Crippen MR) is 133 cm³/mol. The van der Waals surface area contributed by atoms with E-state index in [0.29, 0.717) is 36.4 Å². The number of Topliss-reactive ketones (excluding diaryl/α,β-unsaturated/α-hetero) is 1. The van der Waals surface area contributed by atoms with Crippen LogP contribution in [0.25, 0.3) is 0 Å². The molecule has 1 aliphatic rings. The molecule has 0 aliphatic carbocycles. The SMILES string of the molecule is CCOc1ccc2c(c1)CCN(C(=O)Cc1cc(=O)[nH]o1)[C@H]2C(=O)Cc1ccc(C(C)(C)C)c(F)c1. The molecule has 190 valence electrons. The van der Waals surface area contributed by atoms with Gasteiger partial charge >= 0.3 is 0 Å². The molecule has 2 heterocycles. The molecule has 1 aromatic heterocycles. The van der Waals surface area contributed by atoms with Crippen molar-refractivity contribution in [3.05, 3.63) is 86.6 Å². The summed E-state index contributed by atoms with van der Waals surface area (Å²) in [6.07, 6.45) is 0.378. The lowest BCUT2D eigenvalue weighted by molar-refractivity contribution is -0.140. The largest absolute Gasteiger partial charge is 0.494 e. The Morgan fingerprint density at radius 3 is 2.56 bits per heavy atom. The Bertz CT molecular complexity index is 1330. The third-order valence-corrected chi connectivity index (χ3v) is 6.40. The number of amides is 1. The normalized spacial score (nSPS) is 15.5. The number of halogens is 1. The van der Waals surface area contributed by atoms with E-state index in [1.54, 1.807) is 18.2 Å². The molecule has 0 unspecified atom stereocenters. The second-order valence-electron chi connectivity index (χ2n) is 10.1. The van der Waals surface area contributed by atoms with E-state index in [-0.39, 0.29) is 41.5 Å². The minimum absolute atomic E-state index is 0.0261. The second kappa shape index (κ2) is 10.1. The van der Waals surface area contributed by atoms with Gasteiger partial charge in [0.25, 0.3) is 5.56 Å². The minimum Gasteiger partial charge on any atom is -0.494 e. The fourth-order valence-electron chi connectivity index (χ4n) is 4.71. The summed E-state index contributed by atoms with van der Waals surface area (Å²) in [5.74, 6) is 0.00935. The highest BCUT2D eigenvalue weighted by atomic mass is 19.1. The van der Waals surface area contributed by atoms with E-state index in [0.717, 1.165) is 11.1 Å². The van der Waals surface area contributed by atoms with Crippen molar-refractivity contribution in [1.82, 2.24) is 10.1 Å². The quantitative estimate of drug-likeness (QED) is 0.529. The summed E-state index contributed by atoms with van der Waals surface area (Å²) in [7, 11) is 0. The molecule has 8 heteroatoms. The molecule has 1 atom stereocenters. The van der Waals surface area contributed by atoms with Crippen LogP contribution in [0.3, 0.4) is 0 Å². The number of hydrogen-bond acceptors (Lipinski definition) is 5. The van der Waals surface area contributed by atoms with Crippen molar-refractivity contribution in [2.75, 3.05) is 13.2 Å². The number of nitrogens with zero attached hydrogens (tertiary/aromatic N) is 1. The zero-order chi connectivity index (χ0) is 26.0. The van der Waals surface area contributed by atoms with E-state index in [2.05, 4.69) is 5.16 Å². The smallest absolute Gasteiger partial charge is 0.280 e. The minimum atomic E-state index is -0.840. The fraction of sp³-hybridized carbons (Fsp3) is 0.393. The number of hydrogen-bond donors (Lipinski definition) is 1. The van der Waals surface area contributed by atoms with Gasteiger partial charge in [-0.2, -0.15) is 5.16 Å². The number of carbonyl (C=O) groups excluding carboxylic acids is 2. The molecule has 0 saturated heterocycles. The highest BCUT2D eigenvalue weighted by molar-refractivity contribution is 5.92. The van der Waals surface area contributed by atoms with E-state index in [9.17, 15) is 18.8 Å². The Kier molecular flexibility index (Phi) is 7.15. The topological polar surface area (TPSA) is 92.6 Å². The van der Waals surface area contributed by atoms with Crippen LogP contribution in [0.15, 0.2) is 51.8 Å². The first-order chi connectivity index (χ1) is 17.1. The van der Waals surface area contributed by atoms with Crippen molar-refractivity contribution in [1.29, 1.82) is 0 Å². The standard InChI is InChI=1S/C28H31FN2O5/c1-5-35-19-7-8-21-18(14-19)10-11-31(26(34)16-20-15-25(33)30-36-20)27(21)24(32)13-17-6-9-22(23(29)12-17)28(2,3)4/h6-9,12,14-15,27H,5,10-11,13,16H2,1-4H3,(H,30,33)/t27-/m1/s1. The molecule has 1 amide bonds. The summed E-state index contributed by atoms with van der Waals surface area (Å²) in [5, 5.41) is 2.18. The van der Waals surface area contributed by atoms with Crippen LogP contribution < -0.4 is 10.3 Å². The fourth-order valence-corrected chi connectivity index (χ4v) is 4.71. The summed E-state index contributed by atoms with van der Waals surface area (Å²) in [6.45, 7) is 8.54. The molecule has 2 aromatic carbocycles. The summed E-state index contributed by atoms with van der Waals surface area (Å²) < 4.78 is 25.5. The Labute approximate surface area is 209 Å². The lowest BCUT2D eigenvalue weighted by Crippen LogP contribution is -2.44. The lowest BCUT2D eigenvalue weighted by atomic mass is 9.85. The van der Waals surface area contributed by atoms with Gasteiger partial charge in [0, 0.05) is 19.0 Å². The van der Waals surface area contributed by atoms with Gasteiger partial charge < -0.3 is 14.2 Å². The number of fused-ring (bicyclic) bond motifs is 1. The molecule has 0 saturated carbocycles. The molecule has 0 bridgehead atoms. The van der Waals surface area contributed by atoms with E-state index in [1.165, 1.54) is 17.0 Å². The van der Waals surface area contributed by atoms with Crippen LogP contribution in [-0.4, -0.2) is 34.9 Å². The number of aromatic amines is 1. The maximum absolute atomic E-state index is 14.8. The first kappa shape index (κ1) is 25.4. The summed E-state index contributed by atoms with van der Waals surface area (Å²) >= 11 is 0. The van der Waals surface area contributed by atoms with E-state index >= 15 is 0 Å². The molecule has 1 N–H and O–H groups in total. The third kappa shape index (κ3) is 5.42. The summed E-state index contributed by atoms with van der Waals surface area (Å²) in [4.78, 5) is 39.9. The van der Waals surface area contributed by atoms with E-state index in [4.69, 9.17) is 9.26 Å². The van der Waals surface area contributed by atoms with Gasteiger partial charge in [0.2, 0.25) is 5.91 Å². The number of benzene rings is 2. The van der Waals surface area contributed by atoms with Gasteiger partial charge in [-0.05, 0) is 59.2 Å². The Hall–Kier alpha value is -3.68. The molecule has 3 aromatic rings. The van der Waals surface area contributed by atoms with Gasteiger partial charge in [-0.15, -0.1) is 0 Å². The van der Waals surface area contributed by atoms with Crippen molar-refractivity contribution in [2.24, 2.45) is 0 Å². The number of H-pyrrole nitrogens is 1. The maximum atomic E-state index is 14.8. The highest BCUT2D eigenvalue weighted by Crippen LogP contribution is 2.34. The zero-order valence-corrected chi connectivity index (χ0v) is 21.0. The first-order valence-electron chi connectivity index (χ1n) is 12.1. The molecular weight excluding hydrogens is 463 g/mol. The van der Waals surface area contributed by atoms with Gasteiger partial charge in [0.1, 0.15) is 23.4 Å². The van der Waals surface area contributed by atoms with Gasteiger partial charge in [0.15, 0.2) is 5.78 Å². The molecule has 4 rings (SSSR count). The number of nitrogens with one attached hydrogen (secondary N) is 1. The van der Waals surface area contributed by atoms with Crippen LogP contribution in [0.2, 0.25) is 0 Å². The molecule has 36 heavy (non-hydrogen) atoms. The first-order valence-corrected chi connectivity index (χ1v) is 12.1. The van der Waals surface area contributed by atoms with Crippen molar-refractivity contribution in [3.8, 4) is 5.75 Å². The van der Waals surface area contributed by atoms with Gasteiger partial charge in [-0.3, -0.25) is 14.4 Å². The van der Waals surface area contributed by atoms with Crippen LogP contribution in [-0.2, 0) is 34.3 Å². The number of ketones is 1. The number of aromatic nitrogens is 1. The molecule has 1 aliphatic heterocycles. The Morgan fingerprint density at radius 2 is 1.92 bits per heavy atom. The van der Waals surface area contributed by atoms with Gasteiger partial charge in [-0.25, -0.2) is 4.39 Å². The van der Waals surface area contributed by atoms with E-state index in [1.807, 2.05) is 39.8 Å². The van der Waals surface area contributed by atoms with Crippen molar-refractivity contribution >= 4 is 11.7 Å². The third-order valence-electron chi connectivity index (χ3n) is 6.40.